The van der Waals surface area contributed by atoms with Crippen LogP contribution in [0.5, 0.6) is 0 Å². The number of hydrogen-bond donors (Lipinski definition) is 2. The first-order valence-corrected chi connectivity index (χ1v) is 7.83. The summed E-state index contributed by atoms with van der Waals surface area (Å²) in [5, 5.41) is 2.98. The fraction of sp³-hybridized carbons (Fsp3) is 0.933. The van der Waals surface area contributed by atoms with Gasteiger partial charge in [-0.05, 0) is 31.6 Å². The summed E-state index contributed by atoms with van der Waals surface area (Å²) >= 11 is 0. The molecule has 0 radical (unpaired) electrons. The topological polar surface area (TPSA) is 73.6 Å². The van der Waals surface area contributed by atoms with Crippen LogP contribution in [0.2, 0.25) is 0 Å². The third-order valence-corrected chi connectivity index (χ3v) is 3.88. The van der Waals surface area contributed by atoms with Gasteiger partial charge in [0.15, 0.2) is 0 Å². The van der Waals surface area contributed by atoms with Crippen LogP contribution in [-0.2, 0) is 14.3 Å². The van der Waals surface area contributed by atoms with Gasteiger partial charge < -0.3 is 20.5 Å². The molecule has 0 saturated heterocycles. The van der Waals surface area contributed by atoms with E-state index in [9.17, 15) is 4.79 Å². The number of rotatable bonds is 10. The molecule has 0 aromatic rings. The average molecular weight is 286 g/mol. The Hall–Kier alpha value is -0.650. The molecule has 118 valence electrons. The molecule has 2 unspecified atom stereocenters. The van der Waals surface area contributed by atoms with E-state index in [4.69, 9.17) is 15.2 Å². The molecule has 5 heteroatoms. The minimum absolute atomic E-state index is 0.146. The SMILES string of the molecule is COCCOCCCCNC(=O)CC1CCCCC1N. The highest BCUT2D eigenvalue weighted by atomic mass is 16.5. The predicted molar refractivity (Wildman–Crippen MR) is 79.5 cm³/mol. The van der Waals surface area contributed by atoms with Crippen LogP contribution in [0.15, 0.2) is 0 Å². The van der Waals surface area contributed by atoms with E-state index in [0.717, 1.165) is 38.8 Å². The van der Waals surface area contributed by atoms with Crippen molar-refractivity contribution in [1.82, 2.24) is 5.32 Å². The first-order valence-electron chi connectivity index (χ1n) is 7.83. The normalized spacial score (nSPS) is 22.7. The van der Waals surface area contributed by atoms with Gasteiger partial charge in [0, 0.05) is 32.7 Å². The molecule has 1 aliphatic rings. The molecule has 5 nitrogen and oxygen atoms in total. The predicted octanol–water partition coefficient (Wildman–Crippen LogP) is 1.45. The number of ether oxygens (including phenoxy) is 2. The van der Waals surface area contributed by atoms with Crippen molar-refractivity contribution >= 4 is 5.91 Å². The highest BCUT2D eigenvalue weighted by molar-refractivity contribution is 5.76. The zero-order valence-corrected chi connectivity index (χ0v) is 12.7. The third kappa shape index (κ3) is 7.82. The number of methoxy groups -OCH3 is 1. The summed E-state index contributed by atoms with van der Waals surface area (Å²) in [5.74, 6) is 0.522. The van der Waals surface area contributed by atoms with Crippen molar-refractivity contribution in [2.75, 3.05) is 33.5 Å². The van der Waals surface area contributed by atoms with Crippen molar-refractivity contribution in [2.24, 2.45) is 11.7 Å². The smallest absolute Gasteiger partial charge is 0.220 e. The Morgan fingerprint density at radius 1 is 1.20 bits per heavy atom. The van der Waals surface area contributed by atoms with Gasteiger partial charge in [0.1, 0.15) is 0 Å². The van der Waals surface area contributed by atoms with Gasteiger partial charge >= 0.3 is 0 Å². The van der Waals surface area contributed by atoms with Gasteiger partial charge in [0.2, 0.25) is 5.91 Å². The Labute approximate surface area is 122 Å². The molecule has 0 bridgehead atoms. The molecule has 1 rings (SSSR count). The molecule has 1 saturated carbocycles. The molecule has 2 atom stereocenters. The van der Waals surface area contributed by atoms with E-state index in [2.05, 4.69) is 5.32 Å². The number of carbonyl (C=O) groups excluding carboxylic acids is 1. The van der Waals surface area contributed by atoms with Gasteiger partial charge in [-0.2, -0.15) is 0 Å². The maximum Gasteiger partial charge on any atom is 0.220 e. The minimum atomic E-state index is 0.146. The van der Waals surface area contributed by atoms with E-state index in [1.54, 1.807) is 7.11 Å². The average Bonchev–Trinajstić information content (AvgIpc) is 2.44. The van der Waals surface area contributed by atoms with Crippen molar-refractivity contribution in [3.63, 3.8) is 0 Å². The van der Waals surface area contributed by atoms with Crippen LogP contribution < -0.4 is 11.1 Å². The van der Waals surface area contributed by atoms with Gasteiger partial charge in [-0.25, -0.2) is 0 Å². The molecular weight excluding hydrogens is 256 g/mol. The van der Waals surface area contributed by atoms with Gasteiger partial charge in [0.25, 0.3) is 0 Å². The summed E-state index contributed by atoms with van der Waals surface area (Å²) in [6, 6.07) is 0.212. The van der Waals surface area contributed by atoms with Gasteiger partial charge in [0.05, 0.1) is 13.2 Å². The number of hydrogen-bond acceptors (Lipinski definition) is 4. The largest absolute Gasteiger partial charge is 0.382 e. The van der Waals surface area contributed by atoms with Crippen molar-refractivity contribution < 1.29 is 14.3 Å². The Morgan fingerprint density at radius 3 is 2.75 bits per heavy atom. The summed E-state index contributed by atoms with van der Waals surface area (Å²) in [7, 11) is 1.66. The van der Waals surface area contributed by atoms with E-state index in [1.165, 1.54) is 12.8 Å². The molecule has 1 fully saturated rings. The number of unbranched alkanes of at least 4 members (excludes halogenated alkanes) is 1. The van der Waals surface area contributed by atoms with Crippen LogP contribution in [0.3, 0.4) is 0 Å². The van der Waals surface area contributed by atoms with E-state index in [0.29, 0.717) is 25.6 Å². The lowest BCUT2D eigenvalue weighted by molar-refractivity contribution is -0.122. The monoisotopic (exact) mass is 286 g/mol. The molecule has 0 aliphatic heterocycles. The molecule has 3 N–H and O–H groups in total. The highest BCUT2D eigenvalue weighted by Crippen LogP contribution is 2.25. The van der Waals surface area contributed by atoms with Crippen molar-refractivity contribution in [1.29, 1.82) is 0 Å². The molecule has 0 aromatic carbocycles. The lowest BCUT2D eigenvalue weighted by Crippen LogP contribution is -2.37. The second-order valence-corrected chi connectivity index (χ2v) is 5.57. The zero-order chi connectivity index (χ0) is 14.6. The molecular formula is C15H30N2O3. The zero-order valence-electron chi connectivity index (χ0n) is 12.7. The fourth-order valence-electron chi connectivity index (χ4n) is 2.60. The number of amides is 1. The van der Waals surface area contributed by atoms with E-state index >= 15 is 0 Å². The van der Waals surface area contributed by atoms with Crippen molar-refractivity contribution in [3.05, 3.63) is 0 Å². The molecule has 1 amide bonds. The van der Waals surface area contributed by atoms with Crippen LogP contribution in [-0.4, -0.2) is 45.4 Å². The van der Waals surface area contributed by atoms with Crippen LogP contribution >= 0.6 is 0 Å². The molecule has 0 aromatic heterocycles. The Bertz CT molecular complexity index is 262. The number of nitrogens with two attached hydrogens (primary N) is 1. The van der Waals surface area contributed by atoms with E-state index in [1.807, 2.05) is 0 Å². The van der Waals surface area contributed by atoms with Crippen molar-refractivity contribution in [3.8, 4) is 0 Å². The lowest BCUT2D eigenvalue weighted by Gasteiger charge is -2.27. The van der Waals surface area contributed by atoms with Crippen LogP contribution in [0.25, 0.3) is 0 Å². The van der Waals surface area contributed by atoms with Gasteiger partial charge in [-0.15, -0.1) is 0 Å². The molecule has 0 spiro atoms. The summed E-state index contributed by atoms with van der Waals surface area (Å²) < 4.78 is 10.3. The number of nitrogens with one attached hydrogen (secondary N) is 1. The second-order valence-electron chi connectivity index (χ2n) is 5.57. The third-order valence-electron chi connectivity index (χ3n) is 3.88. The standard InChI is InChI=1S/C15H30N2O3/c1-19-10-11-20-9-5-4-8-17-15(18)12-13-6-2-3-7-14(13)16/h13-14H,2-12,16H2,1H3,(H,17,18). The van der Waals surface area contributed by atoms with Gasteiger partial charge in [-0.1, -0.05) is 12.8 Å². The highest BCUT2D eigenvalue weighted by Gasteiger charge is 2.23. The maximum absolute atomic E-state index is 11.8. The Morgan fingerprint density at radius 2 is 2.00 bits per heavy atom. The van der Waals surface area contributed by atoms with Crippen LogP contribution in [0.1, 0.15) is 44.9 Å². The van der Waals surface area contributed by atoms with Gasteiger partial charge in [-0.3, -0.25) is 4.79 Å². The minimum Gasteiger partial charge on any atom is -0.382 e. The van der Waals surface area contributed by atoms with E-state index < -0.39 is 0 Å². The summed E-state index contributed by atoms with van der Waals surface area (Å²) in [6.45, 7) is 2.74. The first-order chi connectivity index (χ1) is 9.74. The van der Waals surface area contributed by atoms with Crippen LogP contribution in [0, 0.1) is 5.92 Å². The quantitative estimate of drug-likeness (QED) is 0.596. The number of carbonyl (C=O) groups is 1. The fourth-order valence-corrected chi connectivity index (χ4v) is 2.60. The lowest BCUT2D eigenvalue weighted by atomic mass is 9.83. The molecule has 20 heavy (non-hydrogen) atoms. The summed E-state index contributed by atoms with van der Waals surface area (Å²) in [5.41, 5.74) is 6.05. The van der Waals surface area contributed by atoms with Crippen molar-refractivity contribution in [2.45, 2.75) is 51.0 Å². The molecule has 1 aliphatic carbocycles. The Balaban J connectivity index is 1.94. The molecule has 0 heterocycles. The maximum atomic E-state index is 11.8. The summed E-state index contributed by atoms with van der Waals surface area (Å²) in [4.78, 5) is 11.8. The summed E-state index contributed by atoms with van der Waals surface area (Å²) in [6.07, 6.45) is 7.10. The Kier molecular flexibility index (Phi) is 9.62. The van der Waals surface area contributed by atoms with Crippen LogP contribution in [0.4, 0.5) is 0 Å². The van der Waals surface area contributed by atoms with E-state index in [-0.39, 0.29) is 11.9 Å². The first kappa shape index (κ1) is 17.4. The second kappa shape index (κ2) is 11.1.